The minimum atomic E-state index is -0.371. The molecular weight excluding hydrogens is 338 g/mol. The van der Waals surface area contributed by atoms with Crippen molar-refractivity contribution in [1.82, 2.24) is 4.90 Å². The summed E-state index contributed by atoms with van der Waals surface area (Å²) >= 11 is 1.40. The van der Waals surface area contributed by atoms with Crippen molar-refractivity contribution in [3.05, 3.63) is 52.2 Å². The molecule has 5 nitrogen and oxygen atoms in total. The Bertz CT molecular complexity index is 682. The van der Waals surface area contributed by atoms with E-state index in [0.717, 1.165) is 11.3 Å². The fourth-order valence-corrected chi connectivity index (χ4v) is 3.19. The van der Waals surface area contributed by atoms with Gasteiger partial charge < -0.3 is 14.4 Å². The molecule has 6 heteroatoms. The Morgan fingerprint density at radius 3 is 2.44 bits per heavy atom. The number of amides is 1. The summed E-state index contributed by atoms with van der Waals surface area (Å²) < 4.78 is 9.94. The number of nitrogens with zero attached hydrogens (tertiary/aromatic N) is 1. The van der Waals surface area contributed by atoms with Gasteiger partial charge in [-0.1, -0.05) is 25.1 Å². The molecule has 0 aliphatic heterocycles. The summed E-state index contributed by atoms with van der Waals surface area (Å²) in [4.78, 5) is 26.9. The Kier molecular flexibility index (Phi) is 7.01. The number of carbonyl (C=O) groups excluding carboxylic acids is 2. The van der Waals surface area contributed by atoms with Crippen molar-refractivity contribution < 1.29 is 19.1 Å². The van der Waals surface area contributed by atoms with Crippen LogP contribution in [0.3, 0.4) is 0 Å². The van der Waals surface area contributed by atoms with Crippen LogP contribution in [0.2, 0.25) is 0 Å². The molecule has 1 amide bonds. The molecule has 0 radical (unpaired) electrons. The first-order valence-corrected chi connectivity index (χ1v) is 8.96. The van der Waals surface area contributed by atoms with Gasteiger partial charge in [-0.3, -0.25) is 9.59 Å². The van der Waals surface area contributed by atoms with Gasteiger partial charge in [0.1, 0.15) is 5.75 Å². The lowest BCUT2D eigenvalue weighted by Gasteiger charge is -2.24. The van der Waals surface area contributed by atoms with Crippen molar-refractivity contribution in [2.75, 3.05) is 27.3 Å². The minimum absolute atomic E-state index is 0.0562. The molecule has 0 spiro atoms. The fraction of sp³-hybridized carbons (Fsp3) is 0.368. The van der Waals surface area contributed by atoms with E-state index < -0.39 is 0 Å². The van der Waals surface area contributed by atoms with Crippen molar-refractivity contribution in [1.29, 1.82) is 0 Å². The molecule has 0 saturated carbocycles. The van der Waals surface area contributed by atoms with Crippen molar-refractivity contribution in [2.24, 2.45) is 5.92 Å². The van der Waals surface area contributed by atoms with Gasteiger partial charge >= 0.3 is 5.97 Å². The van der Waals surface area contributed by atoms with E-state index in [1.54, 1.807) is 25.0 Å². The normalized spacial score (nSPS) is 11.6. The molecular formula is C19H23NO4S. The molecule has 134 valence electrons. The molecule has 0 fully saturated rings. The lowest BCUT2D eigenvalue weighted by molar-refractivity contribution is -0.145. The second-order valence-corrected chi connectivity index (χ2v) is 6.70. The van der Waals surface area contributed by atoms with E-state index in [1.807, 2.05) is 35.7 Å². The number of ether oxygens (including phenoxy) is 2. The van der Waals surface area contributed by atoms with Crippen molar-refractivity contribution in [3.8, 4) is 5.75 Å². The molecule has 2 rings (SSSR count). The van der Waals surface area contributed by atoms with Gasteiger partial charge in [0, 0.05) is 13.1 Å². The maximum absolute atomic E-state index is 12.7. The number of thiophene rings is 1. The van der Waals surface area contributed by atoms with E-state index in [9.17, 15) is 9.59 Å². The van der Waals surface area contributed by atoms with Gasteiger partial charge in [0.2, 0.25) is 0 Å². The summed E-state index contributed by atoms with van der Waals surface area (Å²) in [7, 11) is 2.99. The molecule has 1 heterocycles. The lowest BCUT2D eigenvalue weighted by atomic mass is 10.1. The highest BCUT2D eigenvalue weighted by atomic mass is 32.1. The molecule has 1 aromatic heterocycles. The first kappa shape index (κ1) is 19.0. The van der Waals surface area contributed by atoms with Gasteiger partial charge in [0.15, 0.2) is 0 Å². The highest BCUT2D eigenvalue weighted by molar-refractivity contribution is 7.12. The average molecular weight is 361 g/mol. The number of hydrogen-bond acceptors (Lipinski definition) is 5. The number of carbonyl (C=O) groups is 2. The van der Waals surface area contributed by atoms with Crippen LogP contribution in [0.1, 0.15) is 22.2 Å². The van der Waals surface area contributed by atoms with Gasteiger partial charge in [0.05, 0.1) is 25.0 Å². The first-order valence-electron chi connectivity index (χ1n) is 8.08. The van der Waals surface area contributed by atoms with Gasteiger partial charge in [-0.15, -0.1) is 11.3 Å². The average Bonchev–Trinajstić information content (AvgIpc) is 3.18. The molecule has 1 aromatic carbocycles. The Labute approximate surface area is 152 Å². The SMILES string of the molecule is COC(=O)C(C)CN(CCc1ccc(OC)cc1)C(=O)c1cccs1. The Hall–Kier alpha value is -2.34. The molecule has 1 unspecified atom stereocenters. The summed E-state index contributed by atoms with van der Waals surface area (Å²) in [6.45, 7) is 2.64. The molecule has 0 aliphatic rings. The van der Waals surface area contributed by atoms with Crippen LogP contribution >= 0.6 is 11.3 Å². The summed E-state index contributed by atoms with van der Waals surface area (Å²) in [6.07, 6.45) is 0.703. The first-order chi connectivity index (χ1) is 12.0. The van der Waals surface area contributed by atoms with Crippen molar-refractivity contribution in [3.63, 3.8) is 0 Å². The molecule has 0 saturated heterocycles. The van der Waals surface area contributed by atoms with Gasteiger partial charge in [-0.25, -0.2) is 0 Å². The molecule has 2 aromatic rings. The van der Waals surface area contributed by atoms with E-state index in [0.29, 0.717) is 24.4 Å². The lowest BCUT2D eigenvalue weighted by Crippen LogP contribution is -2.38. The van der Waals surface area contributed by atoms with Crippen LogP contribution in [0, 0.1) is 5.92 Å². The number of rotatable bonds is 8. The predicted octanol–water partition coefficient (Wildman–Crippen LogP) is 3.25. The van der Waals surface area contributed by atoms with E-state index in [-0.39, 0.29) is 17.8 Å². The molecule has 0 bridgehead atoms. The summed E-state index contributed by atoms with van der Waals surface area (Å²) in [5, 5.41) is 1.87. The summed E-state index contributed by atoms with van der Waals surface area (Å²) in [6, 6.07) is 11.4. The van der Waals surface area contributed by atoms with Gasteiger partial charge in [0.25, 0.3) is 5.91 Å². The van der Waals surface area contributed by atoms with Crippen molar-refractivity contribution >= 4 is 23.2 Å². The van der Waals surface area contributed by atoms with Crippen LogP contribution < -0.4 is 4.74 Å². The van der Waals surface area contributed by atoms with Crippen LogP contribution in [0.4, 0.5) is 0 Å². The Morgan fingerprint density at radius 1 is 1.16 bits per heavy atom. The number of benzene rings is 1. The third kappa shape index (κ3) is 5.32. The second-order valence-electron chi connectivity index (χ2n) is 5.75. The van der Waals surface area contributed by atoms with E-state index >= 15 is 0 Å². The summed E-state index contributed by atoms with van der Waals surface area (Å²) in [5.41, 5.74) is 1.11. The van der Waals surface area contributed by atoms with Crippen LogP contribution in [0.25, 0.3) is 0 Å². The number of methoxy groups -OCH3 is 2. The minimum Gasteiger partial charge on any atom is -0.497 e. The maximum atomic E-state index is 12.7. The Morgan fingerprint density at radius 2 is 1.88 bits per heavy atom. The third-order valence-corrected chi connectivity index (χ3v) is 4.80. The fourth-order valence-electron chi connectivity index (χ4n) is 2.49. The standard InChI is InChI=1S/C19H23NO4S/c1-14(19(22)24-3)13-20(18(21)17-5-4-12-25-17)11-10-15-6-8-16(23-2)9-7-15/h4-9,12,14H,10-11,13H2,1-3H3. The van der Waals surface area contributed by atoms with Crippen LogP contribution in [0.15, 0.2) is 41.8 Å². The van der Waals surface area contributed by atoms with Crippen LogP contribution in [0.5, 0.6) is 5.75 Å². The van der Waals surface area contributed by atoms with Crippen LogP contribution in [-0.2, 0) is 16.0 Å². The molecule has 0 N–H and O–H groups in total. The quantitative estimate of drug-likeness (QED) is 0.677. The number of hydrogen-bond donors (Lipinski definition) is 0. The van der Waals surface area contributed by atoms with E-state index in [1.165, 1.54) is 18.4 Å². The number of esters is 1. The second kappa shape index (κ2) is 9.22. The third-order valence-electron chi connectivity index (χ3n) is 3.95. The smallest absolute Gasteiger partial charge is 0.310 e. The van der Waals surface area contributed by atoms with Gasteiger partial charge in [-0.05, 0) is 35.6 Å². The highest BCUT2D eigenvalue weighted by Crippen LogP contribution is 2.16. The molecule has 25 heavy (non-hydrogen) atoms. The van der Waals surface area contributed by atoms with E-state index in [4.69, 9.17) is 9.47 Å². The highest BCUT2D eigenvalue weighted by Gasteiger charge is 2.23. The van der Waals surface area contributed by atoms with Crippen molar-refractivity contribution in [2.45, 2.75) is 13.3 Å². The largest absolute Gasteiger partial charge is 0.497 e. The van der Waals surface area contributed by atoms with Gasteiger partial charge in [-0.2, -0.15) is 0 Å². The zero-order valence-corrected chi connectivity index (χ0v) is 15.5. The predicted molar refractivity (Wildman–Crippen MR) is 98.1 cm³/mol. The van der Waals surface area contributed by atoms with E-state index in [2.05, 4.69) is 0 Å². The summed E-state index contributed by atoms with van der Waals surface area (Å²) in [5.74, 6) is 0.0621. The monoisotopic (exact) mass is 361 g/mol. The van der Waals surface area contributed by atoms with Crippen LogP contribution in [-0.4, -0.2) is 44.1 Å². The zero-order chi connectivity index (χ0) is 18.2. The topological polar surface area (TPSA) is 55.8 Å². The zero-order valence-electron chi connectivity index (χ0n) is 14.7. The molecule has 0 aliphatic carbocycles. The molecule has 1 atom stereocenters. The Balaban J connectivity index is 2.07. The maximum Gasteiger partial charge on any atom is 0.310 e.